The van der Waals surface area contributed by atoms with Crippen LogP contribution in [0.5, 0.6) is 0 Å². The largest absolute Gasteiger partial charge is 0.392 e. The van der Waals surface area contributed by atoms with Crippen LogP contribution in [0.15, 0.2) is 18.2 Å². The Hall–Kier alpha value is -0.280. The van der Waals surface area contributed by atoms with E-state index < -0.39 is 0 Å². The molecule has 2 rings (SSSR count). The Kier molecular flexibility index (Phi) is 2.98. The standard InChI is InChI=1S/C10H8Cl2OS/c11-4-8-7(5-13)2-1-6-3-9(12)14-10(6)8/h1-3,13H,4-5H2. The van der Waals surface area contributed by atoms with Gasteiger partial charge in [-0.25, -0.2) is 0 Å². The third-order valence-corrected chi connectivity index (χ3v) is 3.77. The van der Waals surface area contributed by atoms with Crippen LogP contribution >= 0.6 is 34.5 Å². The number of thiophene rings is 1. The summed E-state index contributed by atoms with van der Waals surface area (Å²) in [5, 5.41) is 10.2. The lowest BCUT2D eigenvalue weighted by Crippen LogP contribution is -1.90. The summed E-state index contributed by atoms with van der Waals surface area (Å²) < 4.78 is 1.83. The molecular formula is C10H8Cl2OS. The summed E-state index contributed by atoms with van der Waals surface area (Å²) in [6, 6.07) is 5.77. The molecular weight excluding hydrogens is 239 g/mol. The van der Waals surface area contributed by atoms with Crippen molar-refractivity contribution in [2.75, 3.05) is 0 Å². The van der Waals surface area contributed by atoms with E-state index in [1.54, 1.807) is 0 Å². The van der Waals surface area contributed by atoms with Crippen LogP contribution < -0.4 is 0 Å². The second kappa shape index (κ2) is 4.07. The quantitative estimate of drug-likeness (QED) is 0.800. The van der Waals surface area contributed by atoms with E-state index in [0.29, 0.717) is 5.88 Å². The van der Waals surface area contributed by atoms with Crippen LogP contribution in [-0.2, 0) is 12.5 Å². The second-order valence-corrected chi connectivity index (χ2v) is 4.91. The zero-order valence-corrected chi connectivity index (χ0v) is 9.59. The van der Waals surface area contributed by atoms with Gasteiger partial charge >= 0.3 is 0 Å². The fourth-order valence-electron chi connectivity index (χ4n) is 1.46. The monoisotopic (exact) mass is 246 g/mol. The molecule has 0 spiro atoms. The third kappa shape index (κ3) is 1.63. The molecule has 0 unspecified atom stereocenters. The smallest absolute Gasteiger partial charge is 0.0940 e. The first-order chi connectivity index (χ1) is 6.76. The van der Waals surface area contributed by atoms with Gasteiger partial charge in [-0.3, -0.25) is 0 Å². The maximum Gasteiger partial charge on any atom is 0.0940 e. The SMILES string of the molecule is OCc1ccc2cc(Cl)sc2c1CCl. The summed E-state index contributed by atoms with van der Waals surface area (Å²) in [7, 11) is 0. The van der Waals surface area contributed by atoms with E-state index in [0.717, 1.165) is 25.5 Å². The summed E-state index contributed by atoms with van der Waals surface area (Å²) in [4.78, 5) is 0. The first-order valence-corrected chi connectivity index (χ1v) is 5.85. The second-order valence-electron chi connectivity index (χ2n) is 2.96. The number of hydrogen-bond acceptors (Lipinski definition) is 2. The van der Waals surface area contributed by atoms with Crippen LogP contribution in [-0.4, -0.2) is 5.11 Å². The van der Waals surface area contributed by atoms with Gasteiger partial charge in [-0.15, -0.1) is 22.9 Å². The van der Waals surface area contributed by atoms with Gasteiger partial charge in [0.1, 0.15) is 0 Å². The molecule has 0 saturated carbocycles. The summed E-state index contributed by atoms with van der Waals surface area (Å²) >= 11 is 13.3. The van der Waals surface area contributed by atoms with Crippen LogP contribution in [0, 0.1) is 0 Å². The van der Waals surface area contributed by atoms with Gasteiger partial charge in [0.2, 0.25) is 0 Å². The van der Waals surface area contributed by atoms with Crippen molar-refractivity contribution in [1.82, 2.24) is 0 Å². The number of aliphatic hydroxyl groups is 1. The van der Waals surface area contributed by atoms with Gasteiger partial charge in [-0.2, -0.15) is 0 Å². The lowest BCUT2D eigenvalue weighted by atomic mass is 10.1. The molecule has 0 aliphatic rings. The summed E-state index contributed by atoms with van der Waals surface area (Å²) in [6.45, 7) is 0.0213. The molecule has 0 amide bonds. The molecule has 0 radical (unpaired) electrons. The van der Waals surface area contributed by atoms with E-state index in [2.05, 4.69) is 0 Å². The molecule has 0 fully saturated rings. The van der Waals surface area contributed by atoms with Crippen molar-refractivity contribution in [1.29, 1.82) is 0 Å². The van der Waals surface area contributed by atoms with Crippen LogP contribution in [0.1, 0.15) is 11.1 Å². The maximum absolute atomic E-state index is 9.13. The molecule has 4 heteroatoms. The van der Waals surface area contributed by atoms with Gasteiger partial charge < -0.3 is 5.11 Å². The van der Waals surface area contributed by atoms with Crippen molar-refractivity contribution in [2.45, 2.75) is 12.5 Å². The van der Waals surface area contributed by atoms with E-state index in [1.165, 1.54) is 11.3 Å². The zero-order valence-electron chi connectivity index (χ0n) is 7.26. The zero-order chi connectivity index (χ0) is 10.1. The van der Waals surface area contributed by atoms with Crippen molar-refractivity contribution < 1.29 is 5.11 Å². The molecule has 2 aromatic rings. The fourth-order valence-corrected chi connectivity index (χ4v) is 3.15. The van der Waals surface area contributed by atoms with Crippen LogP contribution in [0.2, 0.25) is 4.34 Å². The summed E-state index contributed by atoms with van der Waals surface area (Å²) in [5.41, 5.74) is 1.87. The Labute approximate surface area is 95.9 Å². The molecule has 1 heterocycles. The normalized spacial score (nSPS) is 11.1. The van der Waals surface area contributed by atoms with Crippen LogP contribution in [0.25, 0.3) is 10.1 Å². The number of rotatable bonds is 2. The highest BCUT2D eigenvalue weighted by Crippen LogP contribution is 2.34. The topological polar surface area (TPSA) is 20.2 Å². The summed E-state index contributed by atoms with van der Waals surface area (Å²) in [6.07, 6.45) is 0. The molecule has 1 aromatic carbocycles. The van der Waals surface area contributed by atoms with Crippen molar-refractivity contribution in [3.8, 4) is 0 Å². The van der Waals surface area contributed by atoms with E-state index in [9.17, 15) is 0 Å². The maximum atomic E-state index is 9.13. The highest BCUT2D eigenvalue weighted by atomic mass is 35.5. The van der Waals surface area contributed by atoms with Crippen molar-refractivity contribution >= 4 is 44.6 Å². The highest BCUT2D eigenvalue weighted by Gasteiger charge is 2.08. The van der Waals surface area contributed by atoms with Gasteiger partial charge in [0, 0.05) is 10.6 Å². The minimum atomic E-state index is 0.0213. The molecule has 1 N–H and O–H groups in total. The molecule has 0 atom stereocenters. The Balaban J connectivity index is 2.75. The number of hydrogen-bond donors (Lipinski definition) is 1. The fraction of sp³-hybridized carbons (Fsp3) is 0.200. The molecule has 0 aliphatic heterocycles. The molecule has 1 aromatic heterocycles. The first kappa shape index (κ1) is 10.2. The van der Waals surface area contributed by atoms with E-state index in [-0.39, 0.29) is 6.61 Å². The average molecular weight is 247 g/mol. The Morgan fingerprint density at radius 1 is 1.36 bits per heavy atom. The average Bonchev–Trinajstić information content (AvgIpc) is 2.56. The van der Waals surface area contributed by atoms with Crippen LogP contribution in [0.4, 0.5) is 0 Å². The predicted molar refractivity (Wildman–Crippen MR) is 62.3 cm³/mol. The lowest BCUT2D eigenvalue weighted by molar-refractivity contribution is 0.281. The van der Waals surface area contributed by atoms with E-state index in [4.69, 9.17) is 28.3 Å². The molecule has 0 bridgehead atoms. The predicted octanol–water partition coefficient (Wildman–Crippen LogP) is 3.79. The Bertz CT molecular complexity index is 464. The van der Waals surface area contributed by atoms with Gasteiger partial charge in [0.05, 0.1) is 10.9 Å². The van der Waals surface area contributed by atoms with Gasteiger partial charge in [0.15, 0.2) is 0 Å². The molecule has 1 nitrogen and oxygen atoms in total. The van der Waals surface area contributed by atoms with E-state index >= 15 is 0 Å². The van der Waals surface area contributed by atoms with Gasteiger partial charge in [-0.05, 0) is 22.6 Å². The first-order valence-electron chi connectivity index (χ1n) is 4.13. The van der Waals surface area contributed by atoms with Crippen molar-refractivity contribution in [3.05, 3.63) is 33.7 Å². The van der Waals surface area contributed by atoms with E-state index in [1.807, 2.05) is 18.2 Å². The lowest BCUT2D eigenvalue weighted by Gasteiger charge is -2.04. The third-order valence-electron chi connectivity index (χ3n) is 2.16. The van der Waals surface area contributed by atoms with Crippen molar-refractivity contribution in [3.63, 3.8) is 0 Å². The highest BCUT2D eigenvalue weighted by molar-refractivity contribution is 7.22. The minimum absolute atomic E-state index is 0.0213. The summed E-state index contributed by atoms with van der Waals surface area (Å²) in [5.74, 6) is 0.407. The molecule has 14 heavy (non-hydrogen) atoms. The minimum Gasteiger partial charge on any atom is -0.392 e. The number of aliphatic hydroxyl groups excluding tert-OH is 1. The molecule has 0 aliphatic carbocycles. The van der Waals surface area contributed by atoms with Gasteiger partial charge in [-0.1, -0.05) is 23.7 Å². The number of fused-ring (bicyclic) bond motifs is 1. The van der Waals surface area contributed by atoms with Gasteiger partial charge in [0.25, 0.3) is 0 Å². The molecule has 74 valence electrons. The number of alkyl halides is 1. The number of benzene rings is 1. The van der Waals surface area contributed by atoms with Crippen molar-refractivity contribution in [2.24, 2.45) is 0 Å². The Morgan fingerprint density at radius 2 is 2.14 bits per heavy atom. The van der Waals surface area contributed by atoms with Crippen LogP contribution in [0.3, 0.4) is 0 Å². The molecule has 0 saturated heterocycles. The Morgan fingerprint density at radius 3 is 2.79 bits per heavy atom. The number of halogens is 2.